The highest BCUT2D eigenvalue weighted by Gasteiger charge is 2.21. The molecule has 0 aromatic heterocycles. The Labute approximate surface area is 138 Å². The minimum atomic E-state index is -0.330. The zero-order valence-corrected chi connectivity index (χ0v) is 14.4. The van der Waals surface area contributed by atoms with E-state index in [0.717, 1.165) is 19.4 Å². The number of nitrogens with one attached hydrogen (secondary N) is 2. The molecule has 0 aliphatic heterocycles. The molecular formula is C16H28N4O3. The van der Waals surface area contributed by atoms with Gasteiger partial charge in [-0.15, -0.1) is 6.42 Å². The highest BCUT2D eigenvalue weighted by Crippen LogP contribution is 1.98. The van der Waals surface area contributed by atoms with Crippen LogP contribution >= 0.6 is 0 Å². The zero-order valence-electron chi connectivity index (χ0n) is 14.4. The van der Waals surface area contributed by atoms with E-state index < -0.39 is 0 Å². The largest absolute Gasteiger partial charge is 0.358 e. The molecule has 7 nitrogen and oxygen atoms in total. The number of amides is 3. The van der Waals surface area contributed by atoms with Crippen LogP contribution in [0.4, 0.5) is 0 Å². The first-order valence-electron chi connectivity index (χ1n) is 7.90. The molecule has 0 saturated carbocycles. The SMILES string of the molecule is C#CCN(CC(=O)NC)C(=O)CN(CCC)C(=O)CNCCC. The van der Waals surface area contributed by atoms with E-state index in [1.54, 1.807) is 0 Å². The van der Waals surface area contributed by atoms with Gasteiger partial charge >= 0.3 is 0 Å². The summed E-state index contributed by atoms with van der Waals surface area (Å²) < 4.78 is 0. The van der Waals surface area contributed by atoms with Crippen LogP contribution in [-0.2, 0) is 14.4 Å². The Bertz CT molecular complexity index is 432. The average Bonchev–Trinajstić information content (AvgIpc) is 2.53. The van der Waals surface area contributed by atoms with Gasteiger partial charge in [0.05, 0.1) is 19.6 Å². The first-order valence-corrected chi connectivity index (χ1v) is 7.90. The smallest absolute Gasteiger partial charge is 0.243 e. The van der Waals surface area contributed by atoms with Crippen molar-refractivity contribution in [2.75, 3.05) is 46.3 Å². The summed E-state index contributed by atoms with van der Waals surface area (Å²) in [5, 5.41) is 5.48. The third kappa shape index (κ3) is 8.83. The highest BCUT2D eigenvalue weighted by atomic mass is 16.2. The quantitative estimate of drug-likeness (QED) is 0.394. The Morgan fingerprint density at radius 3 is 2.26 bits per heavy atom. The van der Waals surface area contributed by atoms with Crippen LogP contribution in [0.15, 0.2) is 0 Å². The van der Waals surface area contributed by atoms with Crippen LogP contribution in [0.25, 0.3) is 0 Å². The predicted molar refractivity (Wildman–Crippen MR) is 89.5 cm³/mol. The van der Waals surface area contributed by atoms with E-state index in [4.69, 9.17) is 6.42 Å². The van der Waals surface area contributed by atoms with Crippen LogP contribution in [-0.4, -0.2) is 73.8 Å². The summed E-state index contributed by atoms with van der Waals surface area (Å²) in [6.45, 7) is 5.25. The summed E-state index contributed by atoms with van der Waals surface area (Å²) in [4.78, 5) is 38.7. The predicted octanol–water partition coefficient (Wildman–Crippen LogP) is -0.568. The molecule has 130 valence electrons. The zero-order chi connectivity index (χ0) is 17.7. The summed E-state index contributed by atoms with van der Waals surface area (Å²) in [5.41, 5.74) is 0. The van der Waals surface area contributed by atoms with Crippen LogP contribution in [0.1, 0.15) is 26.7 Å². The molecule has 23 heavy (non-hydrogen) atoms. The summed E-state index contributed by atoms with van der Waals surface area (Å²) in [5.74, 6) is 1.60. The molecule has 0 aliphatic rings. The van der Waals surface area contributed by atoms with Gasteiger partial charge in [0.2, 0.25) is 17.7 Å². The third-order valence-corrected chi connectivity index (χ3v) is 3.12. The van der Waals surface area contributed by atoms with Crippen molar-refractivity contribution in [2.24, 2.45) is 0 Å². The van der Waals surface area contributed by atoms with Crippen molar-refractivity contribution in [3.05, 3.63) is 0 Å². The number of carbonyl (C=O) groups is 3. The van der Waals surface area contributed by atoms with E-state index in [1.165, 1.54) is 16.8 Å². The summed E-state index contributed by atoms with van der Waals surface area (Å²) in [6, 6.07) is 0. The average molecular weight is 324 g/mol. The lowest BCUT2D eigenvalue weighted by atomic mass is 10.3. The van der Waals surface area contributed by atoms with E-state index >= 15 is 0 Å². The van der Waals surface area contributed by atoms with E-state index in [9.17, 15) is 14.4 Å². The Morgan fingerprint density at radius 1 is 1.04 bits per heavy atom. The van der Waals surface area contributed by atoms with Crippen molar-refractivity contribution in [1.29, 1.82) is 0 Å². The lowest BCUT2D eigenvalue weighted by molar-refractivity contribution is -0.141. The molecule has 0 aromatic carbocycles. The Balaban J connectivity index is 4.74. The van der Waals surface area contributed by atoms with Crippen molar-refractivity contribution < 1.29 is 14.4 Å². The molecule has 0 saturated heterocycles. The van der Waals surface area contributed by atoms with Gasteiger partial charge in [0.15, 0.2) is 0 Å². The van der Waals surface area contributed by atoms with Crippen molar-refractivity contribution in [2.45, 2.75) is 26.7 Å². The molecule has 3 amide bonds. The summed E-state index contributed by atoms with van der Waals surface area (Å²) in [6.07, 6.45) is 6.93. The van der Waals surface area contributed by atoms with E-state index in [1.807, 2.05) is 13.8 Å². The molecule has 0 spiro atoms. The van der Waals surface area contributed by atoms with E-state index in [-0.39, 0.29) is 43.9 Å². The first kappa shape index (κ1) is 20.9. The molecule has 7 heteroatoms. The molecule has 0 aromatic rings. The van der Waals surface area contributed by atoms with Crippen LogP contribution in [0.5, 0.6) is 0 Å². The second-order valence-electron chi connectivity index (χ2n) is 5.12. The number of rotatable bonds is 11. The molecular weight excluding hydrogens is 296 g/mol. The number of terminal acetylenes is 1. The summed E-state index contributed by atoms with van der Waals surface area (Å²) >= 11 is 0. The Kier molecular flexibility index (Phi) is 11.3. The van der Waals surface area contributed by atoms with Gasteiger partial charge in [0.25, 0.3) is 0 Å². The van der Waals surface area contributed by atoms with E-state index in [0.29, 0.717) is 6.54 Å². The van der Waals surface area contributed by atoms with Crippen molar-refractivity contribution in [1.82, 2.24) is 20.4 Å². The fraction of sp³-hybridized carbons (Fsp3) is 0.688. The fourth-order valence-corrected chi connectivity index (χ4v) is 1.90. The van der Waals surface area contributed by atoms with Gasteiger partial charge in [-0.1, -0.05) is 19.8 Å². The molecule has 0 rings (SSSR count). The van der Waals surface area contributed by atoms with Gasteiger partial charge in [-0.05, 0) is 19.4 Å². The lowest BCUT2D eigenvalue weighted by Gasteiger charge is -2.26. The number of carbonyl (C=O) groups excluding carboxylic acids is 3. The van der Waals surface area contributed by atoms with Gasteiger partial charge in [-0.3, -0.25) is 14.4 Å². The minimum Gasteiger partial charge on any atom is -0.358 e. The molecule has 0 unspecified atom stereocenters. The molecule has 0 radical (unpaired) electrons. The van der Waals surface area contributed by atoms with Gasteiger partial charge < -0.3 is 20.4 Å². The monoisotopic (exact) mass is 324 g/mol. The second-order valence-corrected chi connectivity index (χ2v) is 5.12. The second kappa shape index (κ2) is 12.5. The highest BCUT2D eigenvalue weighted by molar-refractivity contribution is 5.88. The Morgan fingerprint density at radius 2 is 1.74 bits per heavy atom. The van der Waals surface area contributed by atoms with Crippen molar-refractivity contribution >= 4 is 17.7 Å². The first-order chi connectivity index (χ1) is 11.0. The maximum Gasteiger partial charge on any atom is 0.243 e. The molecule has 0 atom stereocenters. The van der Waals surface area contributed by atoms with Crippen LogP contribution < -0.4 is 10.6 Å². The number of hydrogen-bond acceptors (Lipinski definition) is 4. The standard InChI is InChI=1S/C16H28N4O3/c1-5-8-18-11-15(22)20(10-7-3)13-16(23)19(9-6-2)12-14(21)17-4/h2,18H,5,7-13H2,1,3-4H3,(H,17,21). The number of nitrogens with zero attached hydrogens (tertiary/aromatic N) is 2. The minimum absolute atomic E-state index is 0.0362. The number of likely N-dealkylation sites (N-methyl/N-ethyl adjacent to an activating group) is 1. The topological polar surface area (TPSA) is 81.8 Å². The lowest BCUT2D eigenvalue weighted by Crippen LogP contribution is -2.48. The fourth-order valence-electron chi connectivity index (χ4n) is 1.90. The molecule has 2 N–H and O–H groups in total. The summed E-state index contributed by atoms with van der Waals surface area (Å²) in [7, 11) is 1.49. The Hall–Kier alpha value is -2.07. The molecule has 0 heterocycles. The molecule has 0 aliphatic carbocycles. The van der Waals surface area contributed by atoms with Crippen LogP contribution in [0.3, 0.4) is 0 Å². The van der Waals surface area contributed by atoms with Crippen molar-refractivity contribution in [3.8, 4) is 12.3 Å². The van der Waals surface area contributed by atoms with Crippen LogP contribution in [0, 0.1) is 12.3 Å². The van der Waals surface area contributed by atoms with Gasteiger partial charge in [0, 0.05) is 13.6 Å². The van der Waals surface area contributed by atoms with Crippen molar-refractivity contribution in [3.63, 3.8) is 0 Å². The maximum atomic E-state index is 12.3. The van der Waals surface area contributed by atoms with E-state index in [2.05, 4.69) is 16.6 Å². The molecule has 0 bridgehead atoms. The van der Waals surface area contributed by atoms with Gasteiger partial charge in [-0.25, -0.2) is 0 Å². The van der Waals surface area contributed by atoms with Crippen LogP contribution in [0.2, 0.25) is 0 Å². The molecule has 0 fully saturated rings. The number of hydrogen-bond donors (Lipinski definition) is 2. The third-order valence-electron chi connectivity index (χ3n) is 3.12. The normalized spacial score (nSPS) is 9.83. The maximum absolute atomic E-state index is 12.3. The van der Waals surface area contributed by atoms with Gasteiger partial charge in [0.1, 0.15) is 6.54 Å². The van der Waals surface area contributed by atoms with Gasteiger partial charge in [-0.2, -0.15) is 0 Å².